The third-order valence-corrected chi connectivity index (χ3v) is 3.10. The second kappa shape index (κ2) is 6.85. The highest BCUT2D eigenvalue weighted by Crippen LogP contribution is 2.15. The summed E-state index contributed by atoms with van der Waals surface area (Å²) in [6.07, 6.45) is 3.11. The highest BCUT2D eigenvalue weighted by molar-refractivity contribution is 5.97. The molecule has 0 bridgehead atoms. The van der Waals surface area contributed by atoms with E-state index in [0.29, 0.717) is 18.6 Å². The van der Waals surface area contributed by atoms with Gasteiger partial charge >= 0.3 is 0 Å². The first-order valence-electron chi connectivity index (χ1n) is 6.92. The standard InChI is InChI=1S/C17H19NO2/c1-3-13-8-9-15(18-12-13)11-17(19)14-6-5-7-16(10-14)20-4-2/h5-10,12H,3-4,11H2,1-2H3. The summed E-state index contributed by atoms with van der Waals surface area (Å²) in [7, 11) is 0. The molecular weight excluding hydrogens is 250 g/mol. The van der Waals surface area contributed by atoms with Crippen LogP contribution in [-0.4, -0.2) is 17.4 Å². The monoisotopic (exact) mass is 269 g/mol. The van der Waals surface area contributed by atoms with Crippen molar-refractivity contribution in [2.45, 2.75) is 26.7 Å². The van der Waals surface area contributed by atoms with Gasteiger partial charge in [-0.2, -0.15) is 0 Å². The Morgan fingerprint density at radius 3 is 2.70 bits per heavy atom. The Morgan fingerprint density at radius 1 is 1.20 bits per heavy atom. The summed E-state index contributed by atoms with van der Waals surface area (Å²) in [5, 5.41) is 0. The van der Waals surface area contributed by atoms with Crippen LogP contribution in [0.3, 0.4) is 0 Å². The first-order valence-corrected chi connectivity index (χ1v) is 6.92. The van der Waals surface area contributed by atoms with Crippen LogP contribution in [0, 0.1) is 0 Å². The predicted octanol–water partition coefficient (Wildman–Crippen LogP) is 3.47. The van der Waals surface area contributed by atoms with E-state index in [-0.39, 0.29) is 5.78 Å². The fraction of sp³-hybridized carbons (Fsp3) is 0.294. The van der Waals surface area contributed by atoms with Gasteiger partial charge < -0.3 is 4.74 Å². The van der Waals surface area contributed by atoms with Crippen molar-refractivity contribution in [3.05, 3.63) is 59.4 Å². The van der Waals surface area contributed by atoms with Crippen LogP contribution in [0.5, 0.6) is 5.75 Å². The van der Waals surface area contributed by atoms with E-state index in [1.807, 2.05) is 43.5 Å². The van der Waals surface area contributed by atoms with Crippen molar-refractivity contribution < 1.29 is 9.53 Å². The van der Waals surface area contributed by atoms with Gasteiger partial charge in [-0.25, -0.2) is 0 Å². The van der Waals surface area contributed by atoms with Crippen molar-refractivity contribution in [1.29, 1.82) is 0 Å². The maximum absolute atomic E-state index is 12.2. The lowest BCUT2D eigenvalue weighted by Gasteiger charge is -2.06. The summed E-state index contributed by atoms with van der Waals surface area (Å²) in [6.45, 7) is 4.60. The molecule has 3 nitrogen and oxygen atoms in total. The zero-order chi connectivity index (χ0) is 14.4. The van der Waals surface area contributed by atoms with Gasteiger partial charge in [0.1, 0.15) is 5.75 Å². The number of rotatable bonds is 6. The minimum atomic E-state index is 0.0586. The molecule has 1 heterocycles. The van der Waals surface area contributed by atoms with Gasteiger partial charge in [-0.3, -0.25) is 9.78 Å². The molecule has 0 saturated heterocycles. The zero-order valence-corrected chi connectivity index (χ0v) is 11.9. The van der Waals surface area contributed by atoms with E-state index < -0.39 is 0 Å². The van der Waals surface area contributed by atoms with Crippen LogP contribution >= 0.6 is 0 Å². The quantitative estimate of drug-likeness (QED) is 0.754. The molecule has 3 heteroatoms. The van der Waals surface area contributed by atoms with Crippen LogP contribution in [0.4, 0.5) is 0 Å². The van der Waals surface area contributed by atoms with E-state index >= 15 is 0 Å². The van der Waals surface area contributed by atoms with Gasteiger partial charge in [0.25, 0.3) is 0 Å². The summed E-state index contributed by atoms with van der Waals surface area (Å²) < 4.78 is 5.41. The third-order valence-electron chi connectivity index (χ3n) is 3.10. The Hall–Kier alpha value is -2.16. The highest BCUT2D eigenvalue weighted by atomic mass is 16.5. The number of carbonyl (C=O) groups excluding carboxylic acids is 1. The van der Waals surface area contributed by atoms with E-state index in [1.165, 1.54) is 5.56 Å². The first kappa shape index (κ1) is 14.3. The van der Waals surface area contributed by atoms with Crippen molar-refractivity contribution in [2.24, 2.45) is 0 Å². The minimum absolute atomic E-state index is 0.0586. The van der Waals surface area contributed by atoms with Crippen LogP contribution in [0.15, 0.2) is 42.6 Å². The molecule has 0 saturated carbocycles. The summed E-state index contributed by atoms with van der Waals surface area (Å²) in [5.74, 6) is 0.788. The Labute approximate surface area is 119 Å². The topological polar surface area (TPSA) is 39.2 Å². The number of nitrogens with zero attached hydrogens (tertiary/aromatic N) is 1. The van der Waals surface area contributed by atoms with Gasteiger partial charge in [-0.05, 0) is 37.1 Å². The molecule has 0 atom stereocenters. The van der Waals surface area contributed by atoms with Gasteiger partial charge in [0.2, 0.25) is 0 Å². The number of Topliss-reactive ketones (excluding diaryl/α,β-unsaturated/α-hetero) is 1. The molecule has 20 heavy (non-hydrogen) atoms. The number of ether oxygens (including phenoxy) is 1. The van der Waals surface area contributed by atoms with E-state index in [1.54, 1.807) is 6.07 Å². The lowest BCUT2D eigenvalue weighted by Crippen LogP contribution is -2.05. The average molecular weight is 269 g/mol. The van der Waals surface area contributed by atoms with Gasteiger partial charge in [0, 0.05) is 17.5 Å². The van der Waals surface area contributed by atoms with Crippen molar-refractivity contribution >= 4 is 5.78 Å². The van der Waals surface area contributed by atoms with E-state index in [2.05, 4.69) is 11.9 Å². The molecule has 1 aromatic carbocycles. The summed E-state index contributed by atoms with van der Waals surface area (Å²) >= 11 is 0. The van der Waals surface area contributed by atoms with Crippen LogP contribution in [0.2, 0.25) is 0 Å². The van der Waals surface area contributed by atoms with Gasteiger partial charge in [-0.15, -0.1) is 0 Å². The van der Waals surface area contributed by atoms with E-state index in [0.717, 1.165) is 17.9 Å². The van der Waals surface area contributed by atoms with Crippen LogP contribution in [0.25, 0.3) is 0 Å². The Bertz CT molecular complexity index is 576. The summed E-state index contributed by atoms with van der Waals surface area (Å²) in [5.41, 5.74) is 2.64. The fourth-order valence-corrected chi connectivity index (χ4v) is 1.96. The van der Waals surface area contributed by atoms with Crippen molar-refractivity contribution in [2.75, 3.05) is 6.61 Å². The number of aryl methyl sites for hydroxylation is 1. The van der Waals surface area contributed by atoms with Crippen molar-refractivity contribution in [3.8, 4) is 5.75 Å². The molecule has 0 amide bonds. The van der Waals surface area contributed by atoms with Gasteiger partial charge in [0.15, 0.2) is 5.78 Å². The van der Waals surface area contributed by atoms with Crippen molar-refractivity contribution in [3.63, 3.8) is 0 Å². The molecule has 0 fully saturated rings. The third kappa shape index (κ3) is 3.67. The van der Waals surface area contributed by atoms with Crippen LogP contribution in [-0.2, 0) is 12.8 Å². The zero-order valence-electron chi connectivity index (χ0n) is 11.9. The number of pyridine rings is 1. The number of hydrogen-bond donors (Lipinski definition) is 0. The molecule has 0 aliphatic heterocycles. The highest BCUT2D eigenvalue weighted by Gasteiger charge is 2.09. The largest absolute Gasteiger partial charge is 0.494 e. The Morgan fingerprint density at radius 2 is 2.05 bits per heavy atom. The molecule has 1 aromatic heterocycles. The molecule has 2 aromatic rings. The average Bonchev–Trinajstić information content (AvgIpc) is 2.48. The predicted molar refractivity (Wildman–Crippen MR) is 79.3 cm³/mol. The summed E-state index contributed by atoms with van der Waals surface area (Å²) in [4.78, 5) is 16.6. The van der Waals surface area contributed by atoms with E-state index in [9.17, 15) is 4.79 Å². The Kier molecular flexibility index (Phi) is 4.88. The molecule has 0 spiro atoms. The molecule has 0 aliphatic carbocycles. The lowest BCUT2D eigenvalue weighted by molar-refractivity contribution is 0.0991. The summed E-state index contributed by atoms with van der Waals surface area (Å²) in [6, 6.07) is 11.2. The molecule has 0 unspecified atom stereocenters. The smallest absolute Gasteiger partial charge is 0.168 e. The Balaban J connectivity index is 2.08. The van der Waals surface area contributed by atoms with Gasteiger partial charge in [-0.1, -0.05) is 25.1 Å². The number of aromatic nitrogens is 1. The molecule has 0 radical (unpaired) electrons. The lowest BCUT2D eigenvalue weighted by atomic mass is 10.1. The van der Waals surface area contributed by atoms with Crippen LogP contribution in [0.1, 0.15) is 35.5 Å². The van der Waals surface area contributed by atoms with E-state index in [4.69, 9.17) is 4.74 Å². The fourth-order valence-electron chi connectivity index (χ4n) is 1.96. The minimum Gasteiger partial charge on any atom is -0.494 e. The second-order valence-electron chi connectivity index (χ2n) is 4.57. The molecular formula is C17H19NO2. The SMILES string of the molecule is CCOc1cccc(C(=O)Cc2ccc(CC)cn2)c1. The normalized spacial score (nSPS) is 10.3. The molecule has 2 rings (SSSR count). The number of carbonyl (C=O) groups is 1. The van der Waals surface area contributed by atoms with Gasteiger partial charge in [0.05, 0.1) is 13.0 Å². The maximum atomic E-state index is 12.2. The molecule has 0 N–H and O–H groups in total. The molecule has 0 aliphatic rings. The number of benzene rings is 1. The second-order valence-corrected chi connectivity index (χ2v) is 4.57. The maximum Gasteiger partial charge on any atom is 0.168 e. The van der Waals surface area contributed by atoms with Crippen LogP contribution < -0.4 is 4.74 Å². The number of ketones is 1. The number of hydrogen-bond acceptors (Lipinski definition) is 3. The first-order chi connectivity index (χ1) is 9.72. The van der Waals surface area contributed by atoms with Crippen molar-refractivity contribution in [1.82, 2.24) is 4.98 Å². The molecule has 104 valence electrons.